The highest BCUT2D eigenvalue weighted by atomic mass is 35.5. The normalized spacial score (nSPS) is 12.4. The number of nitrogens with one attached hydrogen (secondary N) is 1. The van der Waals surface area contributed by atoms with Crippen molar-refractivity contribution in [3.05, 3.63) is 46.2 Å². The Kier molecular flexibility index (Phi) is 4.65. The van der Waals surface area contributed by atoms with Gasteiger partial charge in [-0.1, -0.05) is 17.7 Å². The Balaban J connectivity index is 2.54. The molecule has 0 bridgehead atoms. The number of ether oxygens (including phenoxy) is 1. The van der Waals surface area contributed by atoms with Crippen LogP contribution >= 0.6 is 11.6 Å². The number of hydrogen-bond acceptors (Lipinski definition) is 4. The van der Waals surface area contributed by atoms with Gasteiger partial charge in [0.05, 0.1) is 19.3 Å². The topological polar surface area (TPSA) is 65.1 Å². The number of benzene rings is 1. The molecule has 1 aromatic heterocycles. The fourth-order valence-electron chi connectivity index (χ4n) is 2.36. The van der Waals surface area contributed by atoms with Gasteiger partial charge in [0.25, 0.3) is 0 Å². The maximum absolute atomic E-state index is 6.01. The molecule has 6 heteroatoms. The molecule has 0 fully saturated rings. The molecule has 5 nitrogen and oxygen atoms in total. The maximum Gasteiger partial charge on any atom is 0.161 e. The van der Waals surface area contributed by atoms with Gasteiger partial charge in [0.2, 0.25) is 0 Å². The van der Waals surface area contributed by atoms with E-state index in [0.717, 1.165) is 23.4 Å². The number of aryl methyl sites for hydroxylation is 2. The number of nitrogens with two attached hydrogens (primary N) is 1. The predicted octanol–water partition coefficient (Wildman–Crippen LogP) is 2.43. The maximum atomic E-state index is 6.01. The Bertz CT molecular complexity index is 575. The third kappa shape index (κ3) is 2.65. The van der Waals surface area contributed by atoms with Crippen LogP contribution in [0.4, 0.5) is 0 Å². The number of rotatable bonds is 5. The lowest BCUT2D eigenvalue weighted by atomic mass is 9.98. The minimum Gasteiger partial charge on any atom is -0.493 e. The summed E-state index contributed by atoms with van der Waals surface area (Å²) in [5.41, 5.74) is 5.86. The van der Waals surface area contributed by atoms with E-state index in [1.807, 2.05) is 36.7 Å². The third-order valence-electron chi connectivity index (χ3n) is 3.35. The molecule has 0 amide bonds. The molecule has 0 aliphatic heterocycles. The Hall–Kier alpha value is -1.56. The van der Waals surface area contributed by atoms with Gasteiger partial charge in [-0.05, 0) is 37.1 Å². The fourth-order valence-corrected chi connectivity index (χ4v) is 2.58. The van der Waals surface area contributed by atoms with Crippen molar-refractivity contribution < 1.29 is 4.74 Å². The molecule has 0 spiro atoms. The average molecular weight is 295 g/mol. The fraction of sp³-hybridized carbons (Fsp3) is 0.357. The molecule has 1 heterocycles. The van der Waals surface area contributed by atoms with Gasteiger partial charge in [0, 0.05) is 11.6 Å². The molecule has 0 aliphatic carbocycles. The quantitative estimate of drug-likeness (QED) is 0.656. The van der Waals surface area contributed by atoms with Crippen LogP contribution < -0.4 is 16.0 Å². The van der Waals surface area contributed by atoms with Crippen LogP contribution in [0.3, 0.4) is 0 Å². The van der Waals surface area contributed by atoms with E-state index in [1.165, 1.54) is 0 Å². The van der Waals surface area contributed by atoms with Crippen molar-refractivity contribution in [2.24, 2.45) is 5.84 Å². The zero-order valence-corrected chi connectivity index (χ0v) is 12.6. The summed E-state index contributed by atoms with van der Waals surface area (Å²) in [6.07, 6.45) is 1.70. The smallest absolute Gasteiger partial charge is 0.161 e. The molecule has 0 saturated heterocycles. The van der Waals surface area contributed by atoms with Crippen molar-refractivity contribution in [2.75, 3.05) is 7.11 Å². The zero-order valence-electron chi connectivity index (χ0n) is 11.9. The SMILES string of the molecule is CCn1ncc(OC)c1C(NN)c1ccc(Cl)cc1C. The van der Waals surface area contributed by atoms with E-state index in [2.05, 4.69) is 10.5 Å². The molecule has 1 aromatic carbocycles. The lowest BCUT2D eigenvalue weighted by Gasteiger charge is -2.21. The second-order valence-corrected chi connectivity index (χ2v) is 4.95. The van der Waals surface area contributed by atoms with E-state index in [-0.39, 0.29) is 6.04 Å². The van der Waals surface area contributed by atoms with Crippen molar-refractivity contribution in [2.45, 2.75) is 26.4 Å². The molecule has 2 aromatic rings. The summed E-state index contributed by atoms with van der Waals surface area (Å²) < 4.78 is 7.26. The highest BCUT2D eigenvalue weighted by molar-refractivity contribution is 6.30. The summed E-state index contributed by atoms with van der Waals surface area (Å²) in [5, 5.41) is 5.02. The Morgan fingerprint density at radius 2 is 2.25 bits per heavy atom. The summed E-state index contributed by atoms with van der Waals surface area (Å²) in [6.45, 7) is 4.77. The lowest BCUT2D eigenvalue weighted by molar-refractivity contribution is 0.399. The second kappa shape index (κ2) is 6.26. The largest absolute Gasteiger partial charge is 0.493 e. The summed E-state index contributed by atoms with van der Waals surface area (Å²) in [5.74, 6) is 6.48. The van der Waals surface area contributed by atoms with Crippen LogP contribution in [0.25, 0.3) is 0 Å². The summed E-state index contributed by atoms with van der Waals surface area (Å²) >= 11 is 6.01. The predicted molar refractivity (Wildman–Crippen MR) is 79.8 cm³/mol. The van der Waals surface area contributed by atoms with Crippen LogP contribution in [0.15, 0.2) is 24.4 Å². The number of nitrogens with zero attached hydrogens (tertiary/aromatic N) is 2. The zero-order chi connectivity index (χ0) is 14.7. The van der Waals surface area contributed by atoms with E-state index in [4.69, 9.17) is 22.2 Å². The Labute approximate surface area is 123 Å². The third-order valence-corrected chi connectivity index (χ3v) is 3.58. The van der Waals surface area contributed by atoms with Crippen LogP contribution in [0.1, 0.15) is 29.8 Å². The van der Waals surface area contributed by atoms with E-state index < -0.39 is 0 Å². The second-order valence-electron chi connectivity index (χ2n) is 4.51. The van der Waals surface area contributed by atoms with Crippen LogP contribution in [0, 0.1) is 6.92 Å². The number of aromatic nitrogens is 2. The molecule has 1 unspecified atom stereocenters. The molecule has 1 atom stereocenters. The van der Waals surface area contributed by atoms with Gasteiger partial charge in [0.1, 0.15) is 5.69 Å². The van der Waals surface area contributed by atoms with E-state index in [9.17, 15) is 0 Å². The van der Waals surface area contributed by atoms with E-state index in [1.54, 1.807) is 13.3 Å². The Morgan fingerprint density at radius 1 is 1.50 bits per heavy atom. The first-order valence-corrected chi connectivity index (χ1v) is 6.82. The van der Waals surface area contributed by atoms with Gasteiger partial charge in [-0.2, -0.15) is 5.10 Å². The molecule has 0 aliphatic rings. The van der Waals surface area contributed by atoms with Crippen LogP contribution in [-0.4, -0.2) is 16.9 Å². The highest BCUT2D eigenvalue weighted by Gasteiger charge is 2.23. The van der Waals surface area contributed by atoms with E-state index in [0.29, 0.717) is 10.8 Å². The molecular formula is C14H19ClN4O. The molecule has 3 N–H and O–H groups in total. The van der Waals surface area contributed by atoms with Crippen molar-refractivity contribution in [1.29, 1.82) is 0 Å². The minimum atomic E-state index is -0.204. The number of halogens is 1. The molecule has 0 saturated carbocycles. The standard InChI is InChI=1S/C14H19ClN4O/c1-4-19-14(12(20-3)8-17-19)13(18-16)11-6-5-10(15)7-9(11)2/h5-8,13,18H,4,16H2,1-3H3. The van der Waals surface area contributed by atoms with Crippen molar-refractivity contribution >= 4 is 11.6 Å². The monoisotopic (exact) mass is 294 g/mol. The molecule has 0 radical (unpaired) electrons. The van der Waals surface area contributed by atoms with Crippen molar-refractivity contribution in [3.8, 4) is 5.75 Å². The van der Waals surface area contributed by atoms with Gasteiger partial charge < -0.3 is 4.74 Å². The number of methoxy groups -OCH3 is 1. The van der Waals surface area contributed by atoms with Crippen LogP contribution in [0.5, 0.6) is 5.75 Å². The average Bonchev–Trinajstić information content (AvgIpc) is 2.85. The first-order valence-electron chi connectivity index (χ1n) is 6.44. The molecular weight excluding hydrogens is 276 g/mol. The molecule has 108 valence electrons. The van der Waals surface area contributed by atoms with Gasteiger partial charge >= 0.3 is 0 Å². The van der Waals surface area contributed by atoms with Crippen LogP contribution in [-0.2, 0) is 6.54 Å². The van der Waals surface area contributed by atoms with E-state index >= 15 is 0 Å². The summed E-state index contributed by atoms with van der Waals surface area (Å²) in [4.78, 5) is 0. The molecule has 2 rings (SSSR count). The number of hydrazine groups is 1. The van der Waals surface area contributed by atoms with Gasteiger partial charge in [-0.25, -0.2) is 5.43 Å². The molecule has 20 heavy (non-hydrogen) atoms. The summed E-state index contributed by atoms with van der Waals surface area (Å²) in [7, 11) is 1.63. The summed E-state index contributed by atoms with van der Waals surface area (Å²) in [6, 6.07) is 5.53. The van der Waals surface area contributed by atoms with Gasteiger partial charge in [-0.3, -0.25) is 10.5 Å². The minimum absolute atomic E-state index is 0.204. The lowest BCUT2D eigenvalue weighted by Crippen LogP contribution is -2.31. The van der Waals surface area contributed by atoms with Crippen molar-refractivity contribution in [1.82, 2.24) is 15.2 Å². The van der Waals surface area contributed by atoms with Gasteiger partial charge in [-0.15, -0.1) is 0 Å². The van der Waals surface area contributed by atoms with Crippen LogP contribution in [0.2, 0.25) is 5.02 Å². The first kappa shape index (κ1) is 14.8. The first-order chi connectivity index (χ1) is 9.62. The Morgan fingerprint density at radius 3 is 2.80 bits per heavy atom. The van der Waals surface area contributed by atoms with Crippen molar-refractivity contribution in [3.63, 3.8) is 0 Å². The number of hydrogen-bond donors (Lipinski definition) is 2. The van der Waals surface area contributed by atoms with Gasteiger partial charge in [0.15, 0.2) is 5.75 Å². The highest BCUT2D eigenvalue weighted by Crippen LogP contribution is 2.32.